The van der Waals surface area contributed by atoms with Crippen LogP contribution in [0.2, 0.25) is 0 Å². The molecule has 0 heterocycles. The van der Waals surface area contributed by atoms with Crippen molar-refractivity contribution in [2.75, 3.05) is 13.7 Å². The molecule has 0 bridgehead atoms. The van der Waals surface area contributed by atoms with Gasteiger partial charge in [-0.2, -0.15) is 0 Å². The average molecular weight is 336 g/mol. The summed E-state index contributed by atoms with van der Waals surface area (Å²) in [5, 5.41) is 5.56. The highest BCUT2D eigenvalue weighted by atomic mass is 16.6. The predicted molar refractivity (Wildman–Crippen MR) is 93.5 cm³/mol. The van der Waals surface area contributed by atoms with Gasteiger partial charge in [0.15, 0.2) is 0 Å². The summed E-state index contributed by atoms with van der Waals surface area (Å²) in [7, 11) is 1.57. The molecule has 6 nitrogen and oxygen atoms in total. The van der Waals surface area contributed by atoms with Gasteiger partial charge in [0.05, 0.1) is 12.6 Å². The van der Waals surface area contributed by atoms with E-state index in [-0.39, 0.29) is 12.5 Å². The first kappa shape index (κ1) is 19.8. The zero-order valence-corrected chi connectivity index (χ0v) is 15.6. The lowest BCUT2D eigenvalue weighted by molar-refractivity contribution is 0.0509. The molecule has 0 radical (unpaired) electrons. The van der Waals surface area contributed by atoms with Crippen LogP contribution in [0.4, 0.5) is 4.79 Å². The number of carbonyl (C=O) groups excluding carboxylic acids is 2. The molecule has 0 saturated heterocycles. The number of ether oxygens (including phenoxy) is 2. The van der Waals surface area contributed by atoms with Crippen LogP contribution in [0.15, 0.2) is 18.2 Å². The Morgan fingerprint density at radius 3 is 2.29 bits per heavy atom. The number of alkyl carbamates (subject to hydrolysis) is 1. The summed E-state index contributed by atoms with van der Waals surface area (Å²) >= 11 is 0. The first-order valence-corrected chi connectivity index (χ1v) is 7.87. The van der Waals surface area contributed by atoms with Crippen molar-refractivity contribution in [2.24, 2.45) is 0 Å². The molecule has 134 valence electrons. The largest absolute Gasteiger partial charge is 0.496 e. The number of carbonyl (C=O) groups is 2. The highest BCUT2D eigenvalue weighted by molar-refractivity contribution is 5.95. The molecular formula is C18H28N2O4. The number of benzene rings is 1. The lowest BCUT2D eigenvalue weighted by Crippen LogP contribution is -2.52. The maximum absolute atomic E-state index is 12.4. The topological polar surface area (TPSA) is 76.7 Å². The maximum Gasteiger partial charge on any atom is 0.407 e. The van der Waals surface area contributed by atoms with Crippen molar-refractivity contribution in [3.8, 4) is 5.75 Å². The second-order valence-corrected chi connectivity index (χ2v) is 7.38. The zero-order valence-electron chi connectivity index (χ0n) is 15.6. The molecule has 1 aromatic rings. The zero-order chi connectivity index (χ0) is 18.5. The second-order valence-electron chi connectivity index (χ2n) is 7.38. The van der Waals surface area contributed by atoms with Crippen LogP contribution in [0.3, 0.4) is 0 Å². The first-order valence-electron chi connectivity index (χ1n) is 7.87. The smallest absolute Gasteiger partial charge is 0.407 e. The van der Waals surface area contributed by atoms with E-state index in [2.05, 4.69) is 10.6 Å². The normalized spacial score (nSPS) is 11.6. The Bertz CT molecular complexity index is 604. The SMILES string of the molecule is COc1cc(C(=O)NC(C)(C)CNC(=O)OC(C)(C)C)ccc1C. The van der Waals surface area contributed by atoms with Crippen LogP contribution in [0.25, 0.3) is 0 Å². The van der Waals surface area contributed by atoms with Crippen LogP contribution < -0.4 is 15.4 Å². The first-order chi connectivity index (χ1) is 10.9. The summed E-state index contributed by atoms with van der Waals surface area (Å²) < 4.78 is 10.4. The van der Waals surface area contributed by atoms with Gasteiger partial charge in [0, 0.05) is 12.1 Å². The summed E-state index contributed by atoms with van der Waals surface area (Å²) in [5.41, 5.74) is 0.268. The van der Waals surface area contributed by atoms with Gasteiger partial charge in [-0.1, -0.05) is 6.07 Å². The number of rotatable bonds is 5. The molecule has 0 spiro atoms. The number of nitrogens with one attached hydrogen (secondary N) is 2. The molecule has 1 rings (SSSR count). The monoisotopic (exact) mass is 336 g/mol. The third-order valence-corrected chi connectivity index (χ3v) is 3.20. The number of hydrogen-bond donors (Lipinski definition) is 2. The van der Waals surface area contributed by atoms with E-state index in [0.29, 0.717) is 11.3 Å². The predicted octanol–water partition coefficient (Wildman–Crippen LogP) is 3.04. The van der Waals surface area contributed by atoms with E-state index < -0.39 is 17.2 Å². The summed E-state index contributed by atoms with van der Waals surface area (Å²) in [5.74, 6) is 0.427. The average Bonchev–Trinajstić information content (AvgIpc) is 2.43. The van der Waals surface area contributed by atoms with Crippen LogP contribution in [0.1, 0.15) is 50.5 Å². The summed E-state index contributed by atoms with van der Waals surface area (Å²) in [6.07, 6.45) is -0.512. The molecule has 2 amide bonds. The van der Waals surface area contributed by atoms with Crippen molar-refractivity contribution in [3.05, 3.63) is 29.3 Å². The van der Waals surface area contributed by atoms with Crippen LogP contribution in [0, 0.1) is 6.92 Å². The van der Waals surface area contributed by atoms with Crippen molar-refractivity contribution in [2.45, 2.75) is 52.7 Å². The van der Waals surface area contributed by atoms with Crippen LogP contribution in [-0.4, -0.2) is 36.8 Å². The fourth-order valence-corrected chi connectivity index (χ4v) is 1.99. The van der Waals surface area contributed by atoms with Gasteiger partial charge in [-0.15, -0.1) is 0 Å². The minimum absolute atomic E-state index is 0.232. The Balaban J connectivity index is 2.66. The molecular weight excluding hydrogens is 308 g/mol. The highest BCUT2D eigenvalue weighted by Crippen LogP contribution is 2.19. The summed E-state index contributed by atoms with van der Waals surface area (Å²) in [4.78, 5) is 24.1. The summed E-state index contributed by atoms with van der Waals surface area (Å²) in [6, 6.07) is 5.27. The van der Waals surface area contributed by atoms with Gasteiger partial charge in [-0.3, -0.25) is 4.79 Å². The van der Waals surface area contributed by atoms with E-state index in [4.69, 9.17) is 9.47 Å². The number of methoxy groups -OCH3 is 1. The lowest BCUT2D eigenvalue weighted by atomic mass is 10.0. The lowest BCUT2D eigenvalue weighted by Gasteiger charge is -2.28. The van der Waals surface area contributed by atoms with Crippen molar-refractivity contribution in [3.63, 3.8) is 0 Å². The van der Waals surface area contributed by atoms with Crippen LogP contribution in [-0.2, 0) is 4.74 Å². The van der Waals surface area contributed by atoms with Gasteiger partial charge in [0.25, 0.3) is 5.91 Å². The van der Waals surface area contributed by atoms with E-state index in [1.807, 2.05) is 26.8 Å². The van der Waals surface area contributed by atoms with Crippen molar-refractivity contribution in [1.82, 2.24) is 10.6 Å². The van der Waals surface area contributed by atoms with Crippen LogP contribution in [0.5, 0.6) is 5.75 Å². The maximum atomic E-state index is 12.4. The van der Waals surface area contributed by atoms with E-state index >= 15 is 0 Å². The van der Waals surface area contributed by atoms with Crippen molar-refractivity contribution >= 4 is 12.0 Å². The Kier molecular flexibility index (Phi) is 6.23. The fourth-order valence-electron chi connectivity index (χ4n) is 1.99. The summed E-state index contributed by atoms with van der Waals surface area (Å²) in [6.45, 7) is 11.2. The molecule has 0 atom stereocenters. The molecule has 0 saturated carbocycles. The number of hydrogen-bond acceptors (Lipinski definition) is 4. The van der Waals surface area contributed by atoms with Gasteiger partial charge >= 0.3 is 6.09 Å². The minimum atomic E-state index is -0.633. The Morgan fingerprint density at radius 1 is 1.12 bits per heavy atom. The molecule has 24 heavy (non-hydrogen) atoms. The van der Waals surface area contributed by atoms with Gasteiger partial charge in [0.2, 0.25) is 0 Å². The number of amides is 2. The quantitative estimate of drug-likeness (QED) is 0.866. The van der Waals surface area contributed by atoms with Crippen molar-refractivity contribution < 1.29 is 19.1 Å². The fraction of sp³-hybridized carbons (Fsp3) is 0.556. The Labute approximate surface area is 143 Å². The standard InChI is InChI=1S/C18H28N2O4/c1-12-8-9-13(10-14(12)23-7)15(21)20-18(5,6)11-19-16(22)24-17(2,3)4/h8-10H,11H2,1-7H3,(H,19,22)(H,20,21). The molecule has 2 N–H and O–H groups in total. The van der Waals surface area contributed by atoms with Crippen molar-refractivity contribution in [1.29, 1.82) is 0 Å². The molecule has 0 unspecified atom stereocenters. The van der Waals surface area contributed by atoms with E-state index in [9.17, 15) is 9.59 Å². The second kappa shape index (κ2) is 7.55. The number of aryl methyl sites for hydroxylation is 1. The van der Waals surface area contributed by atoms with Gasteiger partial charge < -0.3 is 20.1 Å². The third kappa shape index (κ3) is 6.48. The molecule has 0 aliphatic carbocycles. The molecule has 0 aliphatic heterocycles. The third-order valence-electron chi connectivity index (χ3n) is 3.20. The minimum Gasteiger partial charge on any atom is -0.496 e. The molecule has 0 fully saturated rings. The van der Waals surface area contributed by atoms with Gasteiger partial charge in [-0.25, -0.2) is 4.79 Å². The van der Waals surface area contributed by atoms with E-state index in [1.165, 1.54) is 0 Å². The Hall–Kier alpha value is -2.24. The van der Waals surface area contributed by atoms with Gasteiger partial charge in [-0.05, 0) is 59.2 Å². The highest BCUT2D eigenvalue weighted by Gasteiger charge is 2.24. The molecule has 6 heteroatoms. The van der Waals surface area contributed by atoms with Crippen LogP contribution >= 0.6 is 0 Å². The molecule has 1 aromatic carbocycles. The van der Waals surface area contributed by atoms with E-state index in [0.717, 1.165) is 5.56 Å². The Morgan fingerprint density at radius 2 is 1.75 bits per heavy atom. The van der Waals surface area contributed by atoms with Gasteiger partial charge in [0.1, 0.15) is 11.4 Å². The molecule has 0 aliphatic rings. The van der Waals surface area contributed by atoms with E-state index in [1.54, 1.807) is 40.0 Å². The molecule has 0 aromatic heterocycles.